The van der Waals surface area contributed by atoms with Gasteiger partial charge in [0.1, 0.15) is 12.6 Å². The second-order valence-electron chi connectivity index (χ2n) is 9.73. The lowest BCUT2D eigenvalue weighted by Gasteiger charge is -2.33. The molecule has 0 radical (unpaired) electrons. The summed E-state index contributed by atoms with van der Waals surface area (Å²) in [6.07, 6.45) is 6.25. The van der Waals surface area contributed by atoms with Crippen LogP contribution in [-0.4, -0.2) is 50.0 Å². The molecule has 0 bridgehead atoms. The predicted molar refractivity (Wildman–Crippen MR) is 145 cm³/mol. The maximum absolute atomic E-state index is 13.7. The first-order valence-electron chi connectivity index (χ1n) is 12.3. The first-order chi connectivity index (χ1) is 17.0. The number of hydrogen-bond donors (Lipinski definition) is 1. The number of carbonyl (C=O) groups excluding carboxylic acids is 2. The average Bonchev–Trinajstić information content (AvgIpc) is 2.82. The van der Waals surface area contributed by atoms with Crippen molar-refractivity contribution in [1.82, 2.24) is 10.2 Å². The van der Waals surface area contributed by atoms with Crippen molar-refractivity contribution in [3.63, 3.8) is 0 Å². The Kier molecular flexibility index (Phi) is 9.41. The molecule has 9 heteroatoms. The van der Waals surface area contributed by atoms with Crippen LogP contribution in [0.1, 0.15) is 55.7 Å². The Hall–Kier alpha value is -2.58. The molecule has 1 fully saturated rings. The monoisotopic (exact) mass is 533 g/mol. The van der Waals surface area contributed by atoms with Crippen LogP contribution in [0.25, 0.3) is 0 Å². The van der Waals surface area contributed by atoms with Gasteiger partial charge in [0, 0.05) is 17.6 Å². The SMILES string of the molecule is Cc1ccc(C)c(N(CC(=O)N(Cc2cccc(Cl)c2)[C@@H](C)C(=O)NC2CCCCC2)S(C)(=O)=O)c1. The Morgan fingerprint density at radius 2 is 1.78 bits per heavy atom. The third-order valence-corrected chi connectivity index (χ3v) is 8.03. The van der Waals surface area contributed by atoms with Crippen LogP contribution < -0.4 is 9.62 Å². The van der Waals surface area contributed by atoms with Crippen molar-refractivity contribution in [2.75, 3.05) is 17.1 Å². The largest absolute Gasteiger partial charge is 0.352 e. The van der Waals surface area contributed by atoms with E-state index in [0.29, 0.717) is 10.7 Å². The van der Waals surface area contributed by atoms with Gasteiger partial charge in [-0.3, -0.25) is 13.9 Å². The summed E-state index contributed by atoms with van der Waals surface area (Å²) < 4.78 is 26.7. The second kappa shape index (κ2) is 12.1. The van der Waals surface area contributed by atoms with Crippen LogP contribution >= 0.6 is 11.6 Å². The lowest BCUT2D eigenvalue weighted by molar-refractivity contribution is -0.139. The van der Waals surface area contributed by atoms with Crippen LogP contribution in [0.4, 0.5) is 5.69 Å². The van der Waals surface area contributed by atoms with Gasteiger partial charge in [0.25, 0.3) is 0 Å². The van der Waals surface area contributed by atoms with Crippen LogP contribution in [0.15, 0.2) is 42.5 Å². The fourth-order valence-corrected chi connectivity index (χ4v) is 5.68. The minimum absolute atomic E-state index is 0.0966. The first-order valence-corrected chi connectivity index (χ1v) is 14.6. The quantitative estimate of drug-likeness (QED) is 0.511. The molecule has 2 amide bonds. The van der Waals surface area contributed by atoms with Gasteiger partial charge in [0.15, 0.2) is 0 Å². The Morgan fingerprint density at radius 1 is 1.08 bits per heavy atom. The molecule has 196 valence electrons. The summed E-state index contributed by atoms with van der Waals surface area (Å²) in [7, 11) is -3.77. The number of benzene rings is 2. The van der Waals surface area contributed by atoms with Crippen molar-refractivity contribution < 1.29 is 18.0 Å². The highest BCUT2D eigenvalue weighted by Gasteiger charge is 2.31. The maximum Gasteiger partial charge on any atom is 0.244 e. The number of carbonyl (C=O) groups is 2. The van der Waals surface area contributed by atoms with E-state index in [1.54, 1.807) is 38.1 Å². The van der Waals surface area contributed by atoms with E-state index < -0.39 is 28.5 Å². The number of halogens is 1. The van der Waals surface area contributed by atoms with Crippen molar-refractivity contribution in [3.8, 4) is 0 Å². The molecule has 0 heterocycles. The van der Waals surface area contributed by atoms with Crippen molar-refractivity contribution >= 4 is 39.1 Å². The smallest absolute Gasteiger partial charge is 0.244 e. The molecule has 0 aliphatic heterocycles. The molecule has 0 spiro atoms. The molecule has 3 rings (SSSR count). The van der Waals surface area contributed by atoms with Crippen LogP contribution in [0.5, 0.6) is 0 Å². The highest BCUT2D eigenvalue weighted by Crippen LogP contribution is 2.25. The second-order valence-corrected chi connectivity index (χ2v) is 12.1. The van der Waals surface area contributed by atoms with E-state index in [9.17, 15) is 18.0 Å². The van der Waals surface area contributed by atoms with Crippen molar-refractivity contribution in [2.24, 2.45) is 0 Å². The third kappa shape index (κ3) is 7.46. The highest BCUT2D eigenvalue weighted by molar-refractivity contribution is 7.92. The molecule has 1 saturated carbocycles. The van der Waals surface area contributed by atoms with Gasteiger partial charge >= 0.3 is 0 Å². The van der Waals surface area contributed by atoms with Gasteiger partial charge in [-0.05, 0) is 68.5 Å². The molecule has 1 aliphatic carbocycles. The Balaban J connectivity index is 1.90. The van der Waals surface area contributed by atoms with E-state index in [-0.39, 0.29) is 18.5 Å². The lowest BCUT2D eigenvalue weighted by atomic mass is 9.95. The fourth-order valence-electron chi connectivity index (χ4n) is 4.57. The third-order valence-electron chi connectivity index (χ3n) is 6.67. The zero-order valence-corrected chi connectivity index (χ0v) is 23.0. The normalized spacial score (nSPS) is 15.2. The van der Waals surface area contributed by atoms with Gasteiger partial charge in [-0.15, -0.1) is 0 Å². The molecule has 2 aromatic carbocycles. The molecule has 1 aliphatic rings. The van der Waals surface area contributed by atoms with Gasteiger partial charge < -0.3 is 10.2 Å². The number of hydrogen-bond acceptors (Lipinski definition) is 4. The minimum atomic E-state index is -3.77. The number of nitrogens with one attached hydrogen (secondary N) is 1. The molecule has 0 unspecified atom stereocenters. The van der Waals surface area contributed by atoms with E-state index in [1.165, 1.54) is 11.3 Å². The predicted octanol–water partition coefficient (Wildman–Crippen LogP) is 4.59. The number of sulfonamides is 1. The summed E-state index contributed by atoms with van der Waals surface area (Å²) in [5.41, 5.74) is 2.83. The van der Waals surface area contributed by atoms with Crippen LogP contribution in [0.2, 0.25) is 5.02 Å². The van der Waals surface area contributed by atoms with Gasteiger partial charge in [-0.2, -0.15) is 0 Å². The van der Waals surface area contributed by atoms with Crippen molar-refractivity contribution in [3.05, 3.63) is 64.2 Å². The minimum Gasteiger partial charge on any atom is -0.352 e. The van der Waals surface area contributed by atoms with Gasteiger partial charge in [-0.25, -0.2) is 8.42 Å². The van der Waals surface area contributed by atoms with Gasteiger partial charge in [-0.1, -0.05) is 55.1 Å². The summed E-state index contributed by atoms with van der Waals surface area (Å²) in [5.74, 6) is -0.706. The zero-order chi connectivity index (χ0) is 26.5. The molecule has 2 aromatic rings. The number of aryl methyl sites for hydroxylation is 2. The van der Waals surface area contributed by atoms with Crippen LogP contribution in [0.3, 0.4) is 0 Å². The molecule has 1 atom stereocenters. The Morgan fingerprint density at radius 3 is 2.42 bits per heavy atom. The van der Waals surface area contributed by atoms with E-state index in [2.05, 4.69) is 5.32 Å². The molecular formula is C27H36ClN3O4S. The van der Waals surface area contributed by atoms with Crippen molar-refractivity contribution in [2.45, 2.75) is 71.5 Å². The molecule has 0 saturated heterocycles. The summed E-state index contributed by atoms with van der Waals surface area (Å²) in [6, 6.07) is 11.9. The number of nitrogens with zero attached hydrogens (tertiary/aromatic N) is 2. The maximum atomic E-state index is 13.7. The Labute approximate surface area is 219 Å². The number of rotatable bonds is 9. The molecule has 0 aromatic heterocycles. The first kappa shape index (κ1) is 28.0. The van der Waals surface area contributed by atoms with Crippen molar-refractivity contribution in [1.29, 1.82) is 0 Å². The number of amides is 2. The molecule has 7 nitrogen and oxygen atoms in total. The van der Waals surface area contributed by atoms with Gasteiger partial charge in [0.05, 0.1) is 11.9 Å². The molecule has 1 N–H and O–H groups in total. The standard InChI is InChI=1S/C27H36ClN3O4S/c1-19-13-14-20(2)25(15-19)31(36(4,34)35)18-26(32)30(17-22-9-8-10-23(28)16-22)21(3)27(33)29-24-11-6-5-7-12-24/h8-10,13-16,21,24H,5-7,11-12,17-18H2,1-4H3,(H,29,33)/t21-/m0/s1. The zero-order valence-electron chi connectivity index (χ0n) is 21.5. The topological polar surface area (TPSA) is 86.8 Å². The lowest BCUT2D eigenvalue weighted by Crippen LogP contribution is -2.53. The summed E-state index contributed by atoms with van der Waals surface area (Å²) in [4.78, 5) is 28.3. The molecular weight excluding hydrogens is 498 g/mol. The Bertz CT molecular complexity index is 1200. The van der Waals surface area contributed by atoms with E-state index >= 15 is 0 Å². The summed E-state index contributed by atoms with van der Waals surface area (Å²) in [5, 5.41) is 3.61. The van der Waals surface area contributed by atoms with E-state index in [0.717, 1.165) is 52.9 Å². The summed E-state index contributed by atoms with van der Waals surface area (Å²) >= 11 is 6.16. The van der Waals surface area contributed by atoms with Gasteiger partial charge in [0.2, 0.25) is 21.8 Å². The van der Waals surface area contributed by atoms with Crippen LogP contribution in [-0.2, 0) is 26.2 Å². The highest BCUT2D eigenvalue weighted by atomic mass is 35.5. The average molecular weight is 534 g/mol. The molecule has 36 heavy (non-hydrogen) atoms. The van der Waals surface area contributed by atoms with E-state index in [1.807, 2.05) is 25.1 Å². The fraction of sp³-hybridized carbons (Fsp3) is 0.481. The van der Waals surface area contributed by atoms with Crippen LogP contribution in [0, 0.1) is 13.8 Å². The summed E-state index contributed by atoms with van der Waals surface area (Å²) in [6.45, 7) is 5.08. The number of anilines is 1. The van der Waals surface area contributed by atoms with E-state index in [4.69, 9.17) is 11.6 Å².